The van der Waals surface area contributed by atoms with E-state index in [1.165, 1.54) is 24.9 Å². The maximum Gasteiger partial charge on any atom is 0.251 e. The zero-order chi connectivity index (χ0) is 21.3. The molecular formula is C21H21N3O4S2. The number of aromatic amines is 1. The van der Waals surface area contributed by atoms with Gasteiger partial charge in [0.05, 0.1) is 31.4 Å². The minimum absolute atomic E-state index is 0.0907. The Balaban J connectivity index is 1.59. The van der Waals surface area contributed by atoms with Gasteiger partial charge in [0.15, 0.2) is 5.16 Å². The summed E-state index contributed by atoms with van der Waals surface area (Å²) in [6.07, 6.45) is 0. The van der Waals surface area contributed by atoms with Gasteiger partial charge in [0, 0.05) is 22.8 Å². The number of rotatable bonds is 9. The molecule has 30 heavy (non-hydrogen) atoms. The van der Waals surface area contributed by atoms with E-state index in [2.05, 4.69) is 15.3 Å². The Morgan fingerprint density at radius 2 is 1.87 bits per heavy atom. The molecule has 0 fully saturated rings. The Kier molecular flexibility index (Phi) is 7.81. The highest BCUT2D eigenvalue weighted by molar-refractivity contribution is 7.99. The average Bonchev–Trinajstić information content (AvgIpc) is 2.77. The molecule has 0 aliphatic heterocycles. The van der Waals surface area contributed by atoms with Gasteiger partial charge in [-0.05, 0) is 24.3 Å². The summed E-state index contributed by atoms with van der Waals surface area (Å²) in [7, 11) is 3.08. The number of aromatic nitrogens is 2. The number of amides is 1. The monoisotopic (exact) mass is 443 g/mol. The Bertz CT molecular complexity index is 1060. The van der Waals surface area contributed by atoms with Crippen molar-refractivity contribution in [3.05, 3.63) is 70.6 Å². The number of carbonyl (C=O) groups excluding carboxylic acids is 1. The third-order valence-electron chi connectivity index (χ3n) is 3.93. The van der Waals surface area contributed by atoms with Gasteiger partial charge in [-0.15, -0.1) is 11.8 Å². The summed E-state index contributed by atoms with van der Waals surface area (Å²) >= 11 is 2.76. The molecule has 3 aromatic rings. The average molecular weight is 444 g/mol. The Morgan fingerprint density at radius 1 is 1.07 bits per heavy atom. The lowest BCUT2D eigenvalue weighted by Crippen LogP contribution is -2.16. The smallest absolute Gasteiger partial charge is 0.251 e. The standard InChI is InChI=1S/C21H21N3O4S2/c1-27-15-8-9-17(18(11-15)28-2)23-20(26)13-30-21-22-14(10-19(25)24-21)12-29-16-6-4-3-5-7-16/h3-11H,12-13H2,1-2H3,(H,23,26)(H,22,24,25). The van der Waals surface area contributed by atoms with Gasteiger partial charge < -0.3 is 19.8 Å². The number of methoxy groups -OCH3 is 2. The summed E-state index contributed by atoms with van der Waals surface area (Å²) in [5, 5.41) is 3.20. The van der Waals surface area contributed by atoms with Gasteiger partial charge in [-0.3, -0.25) is 9.59 Å². The Hall–Kier alpha value is -2.91. The fraction of sp³-hybridized carbons (Fsp3) is 0.190. The molecule has 0 aliphatic carbocycles. The minimum atomic E-state index is -0.242. The van der Waals surface area contributed by atoms with E-state index < -0.39 is 0 Å². The predicted octanol–water partition coefficient (Wildman–Crippen LogP) is 3.81. The molecule has 0 radical (unpaired) electrons. The fourth-order valence-corrected chi connectivity index (χ4v) is 4.03. The molecule has 2 N–H and O–H groups in total. The summed E-state index contributed by atoms with van der Waals surface area (Å²) in [6, 6.07) is 16.5. The van der Waals surface area contributed by atoms with Crippen LogP contribution in [0.4, 0.5) is 5.69 Å². The topological polar surface area (TPSA) is 93.3 Å². The third kappa shape index (κ3) is 6.30. The number of benzene rings is 2. The van der Waals surface area contributed by atoms with Crippen LogP contribution >= 0.6 is 23.5 Å². The van der Waals surface area contributed by atoms with Crippen LogP contribution in [0.1, 0.15) is 5.69 Å². The first-order chi connectivity index (χ1) is 14.6. The number of carbonyl (C=O) groups is 1. The number of ether oxygens (including phenoxy) is 2. The van der Waals surface area contributed by atoms with Crippen LogP contribution in [0.15, 0.2) is 69.4 Å². The number of anilines is 1. The first-order valence-electron chi connectivity index (χ1n) is 9.00. The maximum atomic E-state index is 12.3. The lowest BCUT2D eigenvalue weighted by molar-refractivity contribution is -0.113. The normalized spacial score (nSPS) is 10.5. The third-order valence-corrected chi connectivity index (χ3v) is 5.84. The maximum absolute atomic E-state index is 12.3. The number of hydrogen-bond donors (Lipinski definition) is 2. The van der Waals surface area contributed by atoms with E-state index in [0.717, 1.165) is 4.90 Å². The Morgan fingerprint density at radius 3 is 2.60 bits per heavy atom. The van der Waals surface area contributed by atoms with Crippen molar-refractivity contribution in [2.24, 2.45) is 0 Å². The molecule has 0 aliphatic rings. The molecule has 1 amide bonds. The summed E-state index contributed by atoms with van der Waals surface area (Å²) in [5.74, 6) is 1.55. The number of H-pyrrole nitrogens is 1. The quantitative estimate of drug-likeness (QED) is 0.384. The molecular weight excluding hydrogens is 422 g/mol. The van der Waals surface area contributed by atoms with Crippen molar-refractivity contribution in [3.63, 3.8) is 0 Å². The van der Waals surface area contributed by atoms with E-state index in [9.17, 15) is 9.59 Å². The lowest BCUT2D eigenvalue weighted by atomic mass is 10.2. The van der Waals surface area contributed by atoms with E-state index >= 15 is 0 Å². The second-order valence-corrected chi connectivity index (χ2v) is 8.06. The van der Waals surface area contributed by atoms with Crippen LogP contribution in [0, 0.1) is 0 Å². The van der Waals surface area contributed by atoms with Crippen molar-refractivity contribution in [2.45, 2.75) is 15.8 Å². The van der Waals surface area contributed by atoms with Gasteiger partial charge in [-0.25, -0.2) is 4.98 Å². The molecule has 3 rings (SSSR count). The summed E-state index contributed by atoms with van der Waals surface area (Å²) in [5.41, 5.74) is 0.957. The summed E-state index contributed by atoms with van der Waals surface area (Å²) < 4.78 is 10.4. The van der Waals surface area contributed by atoms with Gasteiger partial charge in [0.1, 0.15) is 11.5 Å². The van der Waals surface area contributed by atoms with Gasteiger partial charge in [-0.2, -0.15) is 0 Å². The van der Waals surface area contributed by atoms with Crippen molar-refractivity contribution >= 4 is 35.1 Å². The minimum Gasteiger partial charge on any atom is -0.497 e. The van der Waals surface area contributed by atoms with Crippen molar-refractivity contribution in [1.29, 1.82) is 0 Å². The Labute approximate surface area is 182 Å². The fourth-order valence-electron chi connectivity index (χ4n) is 2.52. The van der Waals surface area contributed by atoms with Gasteiger partial charge in [0.2, 0.25) is 5.91 Å². The molecule has 0 bridgehead atoms. The van der Waals surface area contributed by atoms with Crippen LogP contribution < -0.4 is 20.3 Å². The first-order valence-corrected chi connectivity index (χ1v) is 11.0. The van der Waals surface area contributed by atoms with Crippen molar-refractivity contribution in [1.82, 2.24) is 9.97 Å². The highest BCUT2D eigenvalue weighted by Crippen LogP contribution is 2.29. The molecule has 0 spiro atoms. The zero-order valence-corrected chi connectivity index (χ0v) is 18.1. The molecule has 1 heterocycles. The molecule has 0 saturated carbocycles. The molecule has 0 atom stereocenters. The molecule has 0 saturated heterocycles. The second-order valence-electron chi connectivity index (χ2n) is 6.05. The van der Waals surface area contributed by atoms with Crippen molar-refractivity contribution < 1.29 is 14.3 Å². The summed E-state index contributed by atoms with van der Waals surface area (Å²) in [6.45, 7) is 0. The van der Waals surface area contributed by atoms with Gasteiger partial charge >= 0.3 is 0 Å². The lowest BCUT2D eigenvalue weighted by Gasteiger charge is -2.11. The van der Waals surface area contributed by atoms with E-state index in [1.54, 1.807) is 37.1 Å². The van der Waals surface area contributed by atoms with Crippen molar-refractivity contribution in [2.75, 3.05) is 25.3 Å². The largest absolute Gasteiger partial charge is 0.497 e. The molecule has 9 heteroatoms. The van der Waals surface area contributed by atoms with Crippen LogP contribution in [0.25, 0.3) is 0 Å². The number of hydrogen-bond acceptors (Lipinski definition) is 7. The summed E-state index contributed by atoms with van der Waals surface area (Å²) in [4.78, 5) is 32.5. The SMILES string of the molecule is COc1ccc(NC(=O)CSc2nc(CSc3ccccc3)cc(=O)[nH]2)c(OC)c1. The molecule has 7 nitrogen and oxygen atoms in total. The van der Waals surface area contributed by atoms with E-state index in [1.807, 2.05) is 30.3 Å². The highest BCUT2D eigenvalue weighted by atomic mass is 32.2. The molecule has 0 unspecified atom stereocenters. The van der Waals surface area contributed by atoms with Crippen LogP contribution in [-0.4, -0.2) is 35.8 Å². The van der Waals surface area contributed by atoms with Gasteiger partial charge in [-0.1, -0.05) is 30.0 Å². The second kappa shape index (κ2) is 10.7. The predicted molar refractivity (Wildman–Crippen MR) is 120 cm³/mol. The van der Waals surface area contributed by atoms with Crippen LogP contribution in [-0.2, 0) is 10.5 Å². The van der Waals surface area contributed by atoms with E-state index in [4.69, 9.17) is 9.47 Å². The number of nitrogens with one attached hydrogen (secondary N) is 2. The molecule has 2 aromatic carbocycles. The van der Waals surface area contributed by atoms with Crippen LogP contribution in [0.3, 0.4) is 0 Å². The number of thioether (sulfide) groups is 2. The zero-order valence-electron chi connectivity index (χ0n) is 16.5. The molecule has 1 aromatic heterocycles. The highest BCUT2D eigenvalue weighted by Gasteiger charge is 2.11. The molecule has 156 valence electrons. The first kappa shape index (κ1) is 21.8. The van der Waals surface area contributed by atoms with Crippen LogP contribution in [0.2, 0.25) is 0 Å². The van der Waals surface area contributed by atoms with E-state index in [-0.39, 0.29) is 17.2 Å². The van der Waals surface area contributed by atoms with Crippen LogP contribution in [0.5, 0.6) is 11.5 Å². The van der Waals surface area contributed by atoms with Gasteiger partial charge in [0.25, 0.3) is 5.56 Å². The number of nitrogens with zero attached hydrogens (tertiary/aromatic N) is 1. The van der Waals surface area contributed by atoms with Crippen molar-refractivity contribution in [3.8, 4) is 11.5 Å². The van der Waals surface area contributed by atoms with E-state index in [0.29, 0.717) is 33.8 Å².